The fourth-order valence-corrected chi connectivity index (χ4v) is 2.62. The summed E-state index contributed by atoms with van der Waals surface area (Å²) < 4.78 is 0. The lowest BCUT2D eigenvalue weighted by atomic mass is 10.5. The molecule has 0 aliphatic rings. The molecule has 17 heavy (non-hydrogen) atoms. The van der Waals surface area contributed by atoms with Gasteiger partial charge in [0.05, 0.1) is 0 Å². The molecule has 0 aromatic carbocycles. The predicted molar refractivity (Wildman–Crippen MR) is 69.7 cm³/mol. The van der Waals surface area contributed by atoms with Crippen molar-refractivity contribution < 1.29 is 0 Å². The number of aromatic nitrogens is 4. The number of nitrogens with zero attached hydrogens (tertiary/aromatic N) is 4. The van der Waals surface area contributed by atoms with Crippen molar-refractivity contribution in [3.05, 3.63) is 29.2 Å². The van der Waals surface area contributed by atoms with E-state index in [0.29, 0.717) is 15.5 Å². The van der Waals surface area contributed by atoms with Crippen LogP contribution in [0.4, 0.5) is 0 Å². The zero-order chi connectivity index (χ0) is 12.3. The van der Waals surface area contributed by atoms with Gasteiger partial charge < -0.3 is 0 Å². The van der Waals surface area contributed by atoms with Crippen LogP contribution in [0.15, 0.2) is 33.7 Å². The van der Waals surface area contributed by atoms with Crippen molar-refractivity contribution in [1.82, 2.24) is 19.9 Å². The Hall–Kier alpha value is -0.850. The number of hydrogen-bond donors (Lipinski definition) is 0. The molecule has 2 rings (SSSR count). The maximum Gasteiger partial charge on any atom is 0.194 e. The number of aryl methyl sites for hydroxylation is 1. The number of rotatable bonds is 3. The van der Waals surface area contributed by atoms with Crippen molar-refractivity contribution in [2.75, 3.05) is 6.26 Å². The third-order valence-electron chi connectivity index (χ3n) is 1.80. The minimum absolute atomic E-state index is 0.430. The van der Waals surface area contributed by atoms with Crippen molar-refractivity contribution in [3.63, 3.8) is 0 Å². The summed E-state index contributed by atoms with van der Waals surface area (Å²) in [5, 5.41) is 2.49. The summed E-state index contributed by atoms with van der Waals surface area (Å²) in [6, 6.07) is 3.56. The van der Waals surface area contributed by atoms with Gasteiger partial charge in [-0.15, -0.1) is 0 Å². The molecule has 0 saturated heterocycles. The van der Waals surface area contributed by atoms with Gasteiger partial charge >= 0.3 is 0 Å². The molecule has 0 amide bonds. The minimum Gasteiger partial charge on any atom is -0.231 e. The van der Waals surface area contributed by atoms with Crippen LogP contribution in [-0.2, 0) is 0 Å². The largest absolute Gasteiger partial charge is 0.231 e. The van der Waals surface area contributed by atoms with Gasteiger partial charge in [0.1, 0.15) is 10.2 Å². The number of thioether (sulfide) groups is 1. The van der Waals surface area contributed by atoms with E-state index in [1.165, 1.54) is 23.5 Å². The third kappa shape index (κ3) is 3.55. The van der Waals surface area contributed by atoms with Gasteiger partial charge in [-0.2, -0.15) is 0 Å². The van der Waals surface area contributed by atoms with E-state index >= 15 is 0 Å². The second kappa shape index (κ2) is 5.66. The highest BCUT2D eigenvalue weighted by Gasteiger charge is 2.06. The summed E-state index contributed by atoms with van der Waals surface area (Å²) in [6.45, 7) is 1.92. The zero-order valence-corrected chi connectivity index (χ0v) is 11.6. The Morgan fingerprint density at radius 2 is 2.00 bits per heavy atom. The smallest absolute Gasteiger partial charge is 0.194 e. The Bertz CT molecular complexity index is 535. The molecule has 0 spiro atoms. The SMILES string of the molecule is CSc1nc(Cl)cc(Sc2nccc(C)n2)n1. The molecule has 0 fully saturated rings. The van der Waals surface area contributed by atoms with Crippen molar-refractivity contribution in [1.29, 1.82) is 0 Å². The highest BCUT2D eigenvalue weighted by Crippen LogP contribution is 2.26. The molecule has 88 valence electrons. The monoisotopic (exact) mass is 284 g/mol. The van der Waals surface area contributed by atoms with E-state index in [2.05, 4.69) is 19.9 Å². The van der Waals surface area contributed by atoms with Gasteiger partial charge in [-0.1, -0.05) is 23.4 Å². The van der Waals surface area contributed by atoms with E-state index in [1.807, 2.05) is 19.2 Å². The van der Waals surface area contributed by atoms with Gasteiger partial charge in [-0.25, -0.2) is 19.9 Å². The fraction of sp³-hybridized carbons (Fsp3) is 0.200. The van der Waals surface area contributed by atoms with E-state index < -0.39 is 0 Å². The Balaban J connectivity index is 2.26. The maximum absolute atomic E-state index is 5.91. The standard InChI is InChI=1S/C10H9ClN4S2/c1-6-3-4-12-9(13-6)17-8-5-7(11)14-10(15-8)16-2/h3-5H,1-2H3. The van der Waals surface area contributed by atoms with Crippen LogP contribution < -0.4 is 0 Å². The summed E-state index contributed by atoms with van der Waals surface area (Å²) in [6.07, 6.45) is 3.63. The van der Waals surface area contributed by atoms with Gasteiger partial charge in [-0.05, 0) is 31.0 Å². The molecule has 7 heteroatoms. The predicted octanol–water partition coefficient (Wildman–Crippen LogP) is 3.10. The van der Waals surface area contributed by atoms with E-state index in [9.17, 15) is 0 Å². The molecule has 2 aromatic heterocycles. The van der Waals surface area contributed by atoms with E-state index in [0.717, 1.165) is 10.7 Å². The van der Waals surface area contributed by atoms with Crippen LogP contribution in [-0.4, -0.2) is 26.2 Å². The molecule has 2 aromatic rings. The molecular weight excluding hydrogens is 276 g/mol. The third-order valence-corrected chi connectivity index (χ3v) is 3.34. The molecule has 0 aliphatic carbocycles. The molecule has 0 aliphatic heterocycles. The minimum atomic E-state index is 0.430. The normalized spacial score (nSPS) is 10.5. The average molecular weight is 285 g/mol. The molecule has 2 heterocycles. The van der Waals surface area contributed by atoms with Crippen LogP contribution in [0.1, 0.15) is 5.69 Å². The molecule has 0 saturated carbocycles. The Kier molecular flexibility index (Phi) is 4.20. The molecular formula is C10H9ClN4S2. The van der Waals surface area contributed by atoms with Crippen LogP contribution in [0.3, 0.4) is 0 Å². The summed E-state index contributed by atoms with van der Waals surface area (Å²) >= 11 is 8.73. The Morgan fingerprint density at radius 1 is 1.18 bits per heavy atom. The fourth-order valence-electron chi connectivity index (χ4n) is 1.09. The van der Waals surface area contributed by atoms with Crippen molar-refractivity contribution >= 4 is 35.1 Å². The lowest BCUT2D eigenvalue weighted by Gasteiger charge is -2.02. The van der Waals surface area contributed by atoms with Crippen LogP contribution in [0.2, 0.25) is 5.15 Å². The second-order valence-electron chi connectivity index (χ2n) is 3.10. The summed E-state index contributed by atoms with van der Waals surface area (Å²) in [7, 11) is 0. The number of halogens is 1. The van der Waals surface area contributed by atoms with E-state index in [1.54, 1.807) is 12.3 Å². The average Bonchev–Trinajstić information content (AvgIpc) is 2.28. The lowest BCUT2D eigenvalue weighted by Crippen LogP contribution is -1.92. The van der Waals surface area contributed by atoms with Crippen molar-refractivity contribution in [3.8, 4) is 0 Å². The first-order valence-corrected chi connectivity index (χ1v) is 7.15. The van der Waals surface area contributed by atoms with Crippen LogP contribution in [0, 0.1) is 6.92 Å². The molecule has 0 atom stereocenters. The topological polar surface area (TPSA) is 51.6 Å². The highest BCUT2D eigenvalue weighted by atomic mass is 35.5. The summed E-state index contributed by atoms with van der Waals surface area (Å²) in [5.74, 6) is 0. The summed E-state index contributed by atoms with van der Waals surface area (Å²) in [4.78, 5) is 16.9. The maximum atomic E-state index is 5.91. The van der Waals surface area contributed by atoms with Gasteiger partial charge in [0, 0.05) is 18.0 Å². The van der Waals surface area contributed by atoms with Crippen LogP contribution in [0.25, 0.3) is 0 Å². The van der Waals surface area contributed by atoms with Crippen LogP contribution >= 0.6 is 35.1 Å². The molecule has 0 radical (unpaired) electrons. The highest BCUT2D eigenvalue weighted by molar-refractivity contribution is 7.99. The molecule has 0 unspecified atom stereocenters. The zero-order valence-electron chi connectivity index (χ0n) is 9.22. The first kappa shape index (κ1) is 12.6. The van der Waals surface area contributed by atoms with E-state index in [-0.39, 0.29) is 0 Å². The second-order valence-corrected chi connectivity index (χ2v) is 5.25. The van der Waals surface area contributed by atoms with Gasteiger partial charge in [0.15, 0.2) is 10.3 Å². The Labute approximate surface area is 113 Å². The molecule has 0 N–H and O–H groups in total. The molecule has 0 bridgehead atoms. The first-order valence-electron chi connectivity index (χ1n) is 4.73. The number of hydrogen-bond acceptors (Lipinski definition) is 6. The molecule has 4 nitrogen and oxygen atoms in total. The first-order chi connectivity index (χ1) is 8.17. The van der Waals surface area contributed by atoms with E-state index in [4.69, 9.17) is 11.6 Å². The van der Waals surface area contributed by atoms with Gasteiger partial charge in [0.2, 0.25) is 0 Å². The van der Waals surface area contributed by atoms with Crippen molar-refractivity contribution in [2.24, 2.45) is 0 Å². The lowest BCUT2D eigenvalue weighted by molar-refractivity contribution is 0.880. The summed E-state index contributed by atoms with van der Waals surface area (Å²) in [5.41, 5.74) is 0.924. The van der Waals surface area contributed by atoms with Crippen molar-refractivity contribution in [2.45, 2.75) is 22.3 Å². The quantitative estimate of drug-likeness (QED) is 0.490. The van der Waals surface area contributed by atoms with Gasteiger partial charge in [0.25, 0.3) is 0 Å². The van der Waals surface area contributed by atoms with Crippen LogP contribution in [0.5, 0.6) is 0 Å². The van der Waals surface area contributed by atoms with Gasteiger partial charge in [-0.3, -0.25) is 0 Å². The Morgan fingerprint density at radius 3 is 2.71 bits per heavy atom.